The second kappa shape index (κ2) is 7.61. The third kappa shape index (κ3) is 4.48. The number of halogens is 1. The van der Waals surface area contributed by atoms with Gasteiger partial charge < -0.3 is 5.32 Å². The number of hydrogen-bond acceptors (Lipinski definition) is 4. The van der Waals surface area contributed by atoms with Crippen molar-refractivity contribution in [2.75, 3.05) is 11.5 Å². The Morgan fingerprint density at radius 2 is 2.28 bits per heavy atom. The normalized spacial score (nSPS) is 12.4. The van der Waals surface area contributed by atoms with Gasteiger partial charge in [-0.25, -0.2) is 0 Å². The van der Waals surface area contributed by atoms with Gasteiger partial charge in [-0.15, -0.1) is 0 Å². The number of thioether (sulfide) groups is 1. The summed E-state index contributed by atoms with van der Waals surface area (Å²) in [6.07, 6.45) is 0. The Labute approximate surface area is 116 Å². The molecule has 0 bridgehead atoms. The van der Waals surface area contributed by atoms with E-state index >= 15 is 0 Å². The summed E-state index contributed by atoms with van der Waals surface area (Å²) < 4.78 is 0. The van der Waals surface area contributed by atoms with Crippen molar-refractivity contribution < 1.29 is 4.92 Å². The summed E-state index contributed by atoms with van der Waals surface area (Å²) in [4.78, 5) is 10.5. The third-order valence-corrected chi connectivity index (χ3v) is 3.99. The zero-order valence-electron chi connectivity index (χ0n) is 10.5. The fourth-order valence-corrected chi connectivity index (χ4v) is 2.47. The van der Waals surface area contributed by atoms with Crippen LogP contribution in [0.25, 0.3) is 0 Å². The molecular formula is C12H17ClN2O2S. The molecule has 1 rings (SSSR count). The predicted octanol–water partition coefficient (Wildman–Crippen LogP) is 3.48. The van der Waals surface area contributed by atoms with E-state index in [1.165, 1.54) is 6.07 Å². The Kier molecular flexibility index (Phi) is 6.46. The van der Waals surface area contributed by atoms with Crippen LogP contribution in [0.4, 0.5) is 5.69 Å². The van der Waals surface area contributed by atoms with Crippen molar-refractivity contribution in [1.29, 1.82) is 0 Å². The lowest BCUT2D eigenvalue weighted by atomic mass is 10.1. The molecule has 0 aliphatic heterocycles. The summed E-state index contributed by atoms with van der Waals surface area (Å²) in [7, 11) is 0. The summed E-state index contributed by atoms with van der Waals surface area (Å²) in [5.74, 6) is 2.05. The third-order valence-electron chi connectivity index (χ3n) is 2.49. The largest absolute Gasteiger partial charge is 0.309 e. The van der Waals surface area contributed by atoms with E-state index in [0.717, 1.165) is 11.5 Å². The lowest BCUT2D eigenvalue weighted by molar-refractivity contribution is -0.385. The van der Waals surface area contributed by atoms with E-state index in [0.29, 0.717) is 23.2 Å². The second-order valence-corrected chi connectivity index (χ2v) is 5.66. The van der Waals surface area contributed by atoms with Crippen LogP contribution in [0.3, 0.4) is 0 Å². The number of rotatable bonds is 7. The standard InChI is InChI=1S/C12H17ClN2O2S/c1-3-18-8-9(2)14-7-10-11(13)5-4-6-12(10)15(16)17/h4-6,9,14H,3,7-8H2,1-2H3. The first kappa shape index (κ1) is 15.3. The maximum absolute atomic E-state index is 10.9. The highest BCUT2D eigenvalue weighted by atomic mass is 35.5. The first-order chi connectivity index (χ1) is 8.56. The first-order valence-electron chi connectivity index (χ1n) is 5.79. The SMILES string of the molecule is CCSCC(C)NCc1c(Cl)cccc1[N+](=O)[O-]. The van der Waals surface area contributed by atoms with Gasteiger partial charge in [-0.2, -0.15) is 11.8 Å². The van der Waals surface area contributed by atoms with Crippen molar-refractivity contribution >= 4 is 29.1 Å². The molecule has 0 aromatic heterocycles. The van der Waals surface area contributed by atoms with Gasteiger partial charge in [0.25, 0.3) is 5.69 Å². The Bertz CT molecular complexity index is 415. The molecule has 0 spiro atoms. The Hall–Kier alpha value is -0.780. The van der Waals surface area contributed by atoms with E-state index < -0.39 is 4.92 Å². The molecule has 6 heteroatoms. The fraction of sp³-hybridized carbons (Fsp3) is 0.500. The van der Waals surface area contributed by atoms with Crippen LogP contribution in [0, 0.1) is 10.1 Å². The first-order valence-corrected chi connectivity index (χ1v) is 7.32. The van der Waals surface area contributed by atoms with E-state index in [9.17, 15) is 10.1 Å². The molecule has 0 heterocycles. The van der Waals surface area contributed by atoms with Crippen molar-refractivity contribution in [3.63, 3.8) is 0 Å². The van der Waals surface area contributed by atoms with Crippen LogP contribution in [0.2, 0.25) is 5.02 Å². The van der Waals surface area contributed by atoms with Gasteiger partial charge in [-0.3, -0.25) is 10.1 Å². The molecule has 0 amide bonds. The number of nitrogens with one attached hydrogen (secondary N) is 1. The summed E-state index contributed by atoms with van der Waals surface area (Å²) in [6.45, 7) is 4.59. The smallest absolute Gasteiger partial charge is 0.275 e. The van der Waals surface area contributed by atoms with Crippen LogP contribution in [-0.4, -0.2) is 22.5 Å². The van der Waals surface area contributed by atoms with Gasteiger partial charge in [0, 0.05) is 24.4 Å². The quantitative estimate of drug-likeness (QED) is 0.616. The van der Waals surface area contributed by atoms with Gasteiger partial charge in [0.2, 0.25) is 0 Å². The molecule has 1 N–H and O–H groups in total. The van der Waals surface area contributed by atoms with E-state index in [4.69, 9.17) is 11.6 Å². The van der Waals surface area contributed by atoms with E-state index in [2.05, 4.69) is 19.2 Å². The highest BCUT2D eigenvalue weighted by molar-refractivity contribution is 7.99. The van der Waals surface area contributed by atoms with Crippen LogP contribution in [-0.2, 0) is 6.54 Å². The molecule has 0 saturated carbocycles. The van der Waals surface area contributed by atoms with Crippen molar-refractivity contribution in [1.82, 2.24) is 5.32 Å². The monoisotopic (exact) mass is 288 g/mol. The topological polar surface area (TPSA) is 55.2 Å². The maximum atomic E-state index is 10.9. The molecule has 1 unspecified atom stereocenters. The number of nitrogens with zero attached hydrogens (tertiary/aromatic N) is 1. The number of benzene rings is 1. The van der Waals surface area contributed by atoms with Crippen molar-refractivity contribution in [2.24, 2.45) is 0 Å². The predicted molar refractivity (Wildman–Crippen MR) is 77.4 cm³/mol. The molecule has 0 aliphatic rings. The fourth-order valence-electron chi connectivity index (χ4n) is 1.52. The van der Waals surface area contributed by atoms with Gasteiger partial charge in [0.1, 0.15) is 0 Å². The minimum atomic E-state index is -0.394. The summed E-state index contributed by atoms with van der Waals surface area (Å²) in [6, 6.07) is 5.05. The average molecular weight is 289 g/mol. The summed E-state index contributed by atoms with van der Waals surface area (Å²) in [5, 5.41) is 14.6. The van der Waals surface area contributed by atoms with Gasteiger partial charge in [-0.1, -0.05) is 24.6 Å². The minimum Gasteiger partial charge on any atom is -0.309 e. The molecule has 0 fully saturated rings. The van der Waals surface area contributed by atoms with Crippen LogP contribution < -0.4 is 5.32 Å². The molecule has 0 aliphatic carbocycles. The highest BCUT2D eigenvalue weighted by Crippen LogP contribution is 2.26. The molecule has 0 saturated heterocycles. The zero-order chi connectivity index (χ0) is 13.5. The maximum Gasteiger partial charge on any atom is 0.275 e. The Balaban J connectivity index is 2.69. The molecular weight excluding hydrogens is 272 g/mol. The molecule has 1 atom stereocenters. The van der Waals surface area contributed by atoms with Gasteiger partial charge in [-0.05, 0) is 18.7 Å². The van der Waals surface area contributed by atoms with Crippen LogP contribution in [0.1, 0.15) is 19.4 Å². The molecule has 18 heavy (non-hydrogen) atoms. The van der Waals surface area contributed by atoms with Gasteiger partial charge >= 0.3 is 0 Å². The van der Waals surface area contributed by atoms with Crippen molar-refractivity contribution in [3.8, 4) is 0 Å². The van der Waals surface area contributed by atoms with Crippen molar-refractivity contribution in [2.45, 2.75) is 26.4 Å². The van der Waals surface area contributed by atoms with Crippen LogP contribution in [0.5, 0.6) is 0 Å². The van der Waals surface area contributed by atoms with E-state index in [-0.39, 0.29) is 5.69 Å². The van der Waals surface area contributed by atoms with Crippen molar-refractivity contribution in [3.05, 3.63) is 38.9 Å². The molecule has 100 valence electrons. The van der Waals surface area contributed by atoms with Gasteiger partial charge in [0.15, 0.2) is 0 Å². The van der Waals surface area contributed by atoms with E-state index in [1.807, 2.05) is 11.8 Å². The number of nitro benzene ring substituents is 1. The Morgan fingerprint density at radius 1 is 1.56 bits per heavy atom. The Morgan fingerprint density at radius 3 is 2.89 bits per heavy atom. The van der Waals surface area contributed by atoms with Crippen LogP contribution >= 0.6 is 23.4 Å². The number of nitro groups is 1. The molecule has 4 nitrogen and oxygen atoms in total. The molecule has 0 radical (unpaired) electrons. The van der Waals surface area contributed by atoms with Crippen LogP contribution in [0.15, 0.2) is 18.2 Å². The van der Waals surface area contributed by atoms with E-state index in [1.54, 1.807) is 12.1 Å². The average Bonchev–Trinajstić information content (AvgIpc) is 2.34. The number of hydrogen-bond donors (Lipinski definition) is 1. The molecule has 1 aromatic rings. The minimum absolute atomic E-state index is 0.0744. The summed E-state index contributed by atoms with van der Waals surface area (Å²) >= 11 is 7.85. The zero-order valence-corrected chi connectivity index (χ0v) is 12.1. The lowest BCUT2D eigenvalue weighted by Gasteiger charge is -2.13. The second-order valence-electron chi connectivity index (χ2n) is 3.94. The highest BCUT2D eigenvalue weighted by Gasteiger charge is 2.16. The summed E-state index contributed by atoms with van der Waals surface area (Å²) in [5.41, 5.74) is 0.628. The lowest BCUT2D eigenvalue weighted by Crippen LogP contribution is -2.28. The van der Waals surface area contributed by atoms with Gasteiger partial charge in [0.05, 0.1) is 15.5 Å². The molecule has 1 aromatic carbocycles.